The first-order chi connectivity index (χ1) is 27.9. The van der Waals surface area contributed by atoms with Crippen molar-refractivity contribution >= 4 is 21.5 Å². The topological polar surface area (TPSA) is 0 Å². The molecule has 0 radical (unpaired) electrons. The van der Waals surface area contributed by atoms with Gasteiger partial charge < -0.3 is 0 Å². The molecule has 1 aliphatic rings. The lowest BCUT2D eigenvalue weighted by atomic mass is 9.73. The summed E-state index contributed by atoms with van der Waals surface area (Å²) in [6, 6.07) is 80.3. The zero-order valence-electron chi connectivity index (χ0n) is 30.8. The Labute approximate surface area is 327 Å². The van der Waals surface area contributed by atoms with Crippen molar-refractivity contribution in [2.24, 2.45) is 0 Å². The van der Waals surface area contributed by atoms with Crippen molar-refractivity contribution in [3.8, 4) is 89.0 Å². The molecule has 11 rings (SSSR count). The highest BCUT2D eigenvalue weighted by molar-refractivity contribution is 6.34. The van der Waals surface area contributed by atoms with Gasteiger partial charge in [-0.1, -0.05) is 218 Å². The van der Waals surface area contributed by atoms with E-state index in [1.165, 1.54) is 111 Å². The molecule has 0 atom stereocenters. The molecule has 0 amide bonds. The van der Waals surface area contributed by atoms with Gasteiger partial charge in [0, 0.05) is 0 Å². The Morgan fingerprint density at radius 3 is 0.696 bits per heavy atom. The predicted molar refractivity (Wildman–Crippen MR) is 238 cm³/mol. The van der Waals surface area contributed by atoms with Crippen LogP contribution in [0.15, 0.2) is 218 Å². The van der Waals surface area contributed by atoms with E-state index in [-0.39, 0.29) is 0 Å². The molecule has 0 bridgehead atoms. The molecule has 0 spiro atoms. The highest BCUT2D eigenvalue weighted by Gasteiger charge is 2.35. The molecule has 1 aliphatic carbocycles. The summed E-state index contributed by atoms with van der Waals surface area (Å²) in [6.07, 6.45) is 0. The molecule has 0 heteroatoms. The van der Waals surface area contributed by atoms with Gasteiger partial charge in [-0.05, 0) is 111 Å². The van der Waals surface area contributed by atoms with Gasteiger partial charge >= 0.3 is 0 Å². The summed E-state index contributed by atoms with van der Waals surface area (Å²) in [4.78, 5) is 0. The van der Waals surface area contributed by atoms with Crippen molar-refractivity contribution in [2.75, 3.05) is 0 Å². The minimum absolute atomic E-state index is 1.19. The smallest absolute Gasteiger partial charge is 0.0000932 e. The molecule has 56 heavy (non-hydrogen) atoms. The maximum Gasteiger partial charge on any atom is -0.0000932 e. The molecule has 10 aromatic rings. The van der Waals surface area contributed by atoms with Crippen molar-refractivity contribution in [1.82, 2.24) is 0 Å². The molecule has 0 unspecified atom stereocenters. The van der Waals surface area contributed by atoms with Crippen LogP contribution in [0.25, 0.3) is 111 Å². The summed E-state index contributed by atoms with van der Waals surface area (Å²) in [7, 11) is 0. The van der Waals surface area contributed by atoms with E-state index in [1.807, 2.05) is 0 Å². The van der Waals surface area contributed by atoms with Crippen LogP contribution in [-0.4, -0.2) is 0 Å². The third-order valence-corrected chi connectivity index (χ3v) is 11.6. The Balaban J connectivity index is 1.54. The Morgan fingerprint density at radius 1 is 0.161 bits per heavy atom. The van der Waals surface area contributed by atoms with E-state index in [0.29, 0.717) is 0 Å². The van der Waals surface area contributed by atoms with Crippen LogP contribution in [0.3, 0.4) is 0 Å². The fourth-order valence-corrected chi connectivity index (χ4v) is 9.41. The minimum Gasteiger partial charge on any atom is -0.0622 e. The van der Waals surface area contributed by atoms with Gasteiger partial charge in [0.2, 0.25) is 0 Å². The Kier molecular flexibility index (Phi) is 7.60. The van der Waals surface area contributed by atoms with E-state index in [4.69, 9.17) is 0 Å². The lowest BCUT2D eigenvalue weighted by Gasteiger charge is -2.29. The van der Waals surface area contributed by atoms with Gasteiger partial charge in [0.15, 0.2) is 0 Å². The predicted octanol–water partition coefficient (Wildman–Crippen LogP) is 15.6. The highest BCUT2D eigenvalue weighted by atomic mass is 14.4. The second kappa shape index (κ2) is 13.2. The van der Waals surface area contributed by atoms with Crippen molar-refractivity contribution in [1.29, 1.82) is 0 Å². The van der Waals surface area contributed by atoms with Gasteiger partial charge in [-0.3, -0.25) is 0 Å². The number of hydrogen-bond donors (Lipinski definition) is 0. The molecule has 0 nitrogen and oxygen atoms in total. The van der Waals surface area contributed by atoms with E-state index in [0.717, 1.165) is 0 Å². The minimum atomic E-state index is 1.19. The number of rotatable bonds is 6. The Morgan fingerprint density at radius 2 is 0.411 bits per heavy atom. The van der Waals surface area contributed by atoms with Crippen molar-refractivity contribution in [3.63, 3.8) is 0 Å². The average Bonchev–Trinajstić information content (AvgIpc) is 3.61. The van der Waals surface area contributed by atoms with Crippen LogP contribution in [0, 0.1) is 0 Å². The fourth-order valence-electron chi connectivity index (χ4n) is 9.41. The maximum absolute atomic E-state index is 2.35. The zero-order chi connectivity index (χ0) is 37.0. The van der Waals surface area contributed by atoms with Crippen molar-refractivity contribution in [3.05, 3.63) is 218 Å². The molecular formula is C56H36. The molecule has 0 aromatic heterocycles. The summed E-state index contributed by atoms with van der Waals surface area (Å²) < 4.78 is 0. The molecular weight excluding hydrogens is 673 g/mol. The maximum atomic E-state index is 2.35. The number of hydrogen-bond acceptors (Lipinski definition) is 0. The summed E-state index contributed by atoms with van der Waals surface area (Å²) in [5.41, 5.74) is 19.9. The van der Waals surface area contributed by atoms with Gasteiger partial charge in [-0.2, -0.15) is 0 Å². The van der Waals surface area contributed by atoms with Gasteiger partial charge in [0.25, 0.3) is 0 Å². The van der Waals surface area contributed by atoms with Crippen LogP contribution in [0.1, 0.15) is 0 Å². The second-order valence-corrected chi connectivity index (χ2v) is 14.7. The Hall–Kier alpha value is -7.28. The van der Waals surface area contributed by atoms with Crippen molar-refractivity contribution < 1.29 is 0 Å². The summed E-state index contributed by atoms with van der Waals surface area (Å²) >= 11 is 0. The van der Waals surface area contributed by atoms with Gasteiger partial charge in [-0.15, -0.1) is 0 Å². The summed E-state index contributed by atoms with van der Waals surface area (Å²) in [5, 5.41) is 5.12. The third kappa shape index (κ3) is 4.93. The van der Waals surface area contributed by atoms with Crippen LogP contribution in [0.2, 0.25) is 0 Å². The van der Waals surface area contributed by atoms with Gasteiger partial charge in [0.1, 0.15) is 0 Å². The first kappa shape index (κ1) is 32.2. The van der Waals surface area contributed by atoms with Crippen LogP contribution in [0.5, 0.6) is 0 Å². The quantitative estimate of drug-likeness (QED) is 0.161. The van der Waals surface area contributed by atoms with Gasteiger partial charge in [0.05, 0.1) is 0 Å². The normalized spacial score (nSPS) is 11.6. The monoisotopic (exact) mass is 708 g/mol. The Bertz CT molecular complexity index is 2850. The molecule has 0 saturated carbocycles. The van der Waals surface area contributed by atoms with Gasteiger partial charge in [-0.25, -0.2) is 0 Å². The standard InChI is InChI=1S/C56H36/c1-7-21-38(22-8-1)47-48(39-23-9-2-10-24-39)50(41-27-13-4-14-28-41)56-52(43-31-17-6-18-32-43)54-45-36-20-34-37-33-19-35-44(46(37)45)53(54)51(42-29-15-5-16-30-42)55(56)49(47)40-25-11-3-12-26-40/h1-36H. The van der Waals surface area contributed by atoms with Crippen molar-refractivity contribution in [2.45, 2.75) is 0 Å². The lowest BCUT2D eigenvalue weighted by molar-refractivity contribution is 1.56. The number of fused-ring (bicyclic) bond motifs is 4. The van der Waals surface area contributed by atoms with Crippen LogP contribution in [0.4, 0.5) is 0 Å². The van der Waals surface area contributed by atoms with E-state index in [9.17, 15) is 0 Å². The molecule has 10 aromatic carbocycles. The van der Waals surface area contributed by atoms with E-state index in [1.54, 1.807) is 0 Å². The average molecular weight is 709 g/mol. The molecule has 0 aliphatic heterocycles. The first-order valence-corrected chi connectivity index (χ1v) is 19.5. The van der Waals surface area contributed by atoms with E-state index in [2.05, 4.69) is 218 Å². The summed E-state index contributed by atoms with van der Waals surface area (Å²) in [6.45, 7) is 0. The molecule has 0 fully saturated rings. The SMILES string of the molecule is c1ccc(-c2c(-c3ccccc3)c(-c3ccccc3)c3c(-c4ccccc4)c4c(c(-c5ccccc5)c3c2-c2ccccc2)-c2cccc3cccc-4c23)cc1. The highest BCUT2D eigenvalue weighted by Crippen LogP contribution is 2.62. The molecule has 0 N–H and O–H groups in total. The lowest BCUT2D eigenvalue weighted by Crippen LogP contribution is -2.02. The van der Waals surface area contributed by atoms with Crippen LogP contribution < -0.4 is 0 Å². The van der Waals surface area contributed by atoms with Crippen LogP contribution >= 0.6 is 0 Å². The zero-order valence-corrected chi connectivity index (χ0v) is 30.8. The fraction of sp³-hybridized carbons (Fsp3) is 0. The van der Waals surface area contributed by atoms with E-state index < -0.39 is 0 Å². The summed E-state index contributed by atoms with van der Waals surface area (Å²) in [5.74, 6) is 0. The second-order valence-electron chi connectivity index (χ2n) is 14.7. The third-order valence-electron chi connectivity index (χ3n) is 11.6. The number of benzene rings is 10. The molecule has 0 heterocycles. The van der Waals surface area contributed by atoms with Crippen LogP contribution in [-0.2, 0) is 0 Å². The van der Waals surface area contributed by atoms with E-state index >= 15 is 0 Å². The molecule has 260 valence electrons. The molecule has 0 saturated heterocycles. The first-order valence-electron chi connectivity index (χ1n) is 19.5. The largest absolute Gasteiger partial charge is 0.0622 e.